The molecule has 36 heavy (non-hydrogen) atoms. The predicted octanol–water partition coefficient (Wildman–Crippen LogP) is 4.83. The molecule has 0 saturated carbocycles. The first-order chi connectivity index (χ1) is 17.4. The molecule has 1 fully saturated rings. The summed E-state index contributed by atoms with van der Waals surface area (Å²) in [6.45, 7) is 0.423. The highest BCUT2D eigenvalue weighted by Crippen LogP contribution is 2.34. The molecular formula is C26H24FN3O4S2. The second-order valence-electron chi connectivity index (χ2n) is 8.44. The van der Waals surface area contributed by atoms with Gasteiger partial charge in [0.15, 0.2) is 5.13 Å². The Balaban J connectivity index is 1.51. The molecule has 10 heteroatoms. The average Bonchev–Trinajstić information content (AvgIpc) is 3.56. The normalized spacial score (nSPS) is 16.3. The van der Waals surface area contributed by atoms with Crippen molar-refractivity contribution in [2.24, 2.45) is 0 Å². The van der Waals surface area contributed by atoms with Crippen molar-refractivity contribution in [3.63, 3.8) is 0 Å². The number of carbonyl (C=O) groups is 1. The molecule has 1 saturated heterocycles. The van der Waals surface area contributed by atoms with E-state index in [1.807, 2.05) is 30.3 Å². The first-order valence-electron chi connectivity index (χ1n) is 11.4. The molecule has 2 heterocycles. The van der Waals surface area contributed by atoms with E-state index in [2.05, 4.69) is 4.98 Å². The van der Waals surface area contributed by atoms with Crippen molar-refractivity contribution in [1.29, 1.82) is 0 Å². The van der Waals surface area contributed by atoms with Crippen LogP contribution in [0.2, 0.25) is 0 Å². The minimum Gasteiger partial charge on any atom is -0.497 e. The molecule has 0 spiro atoms. The number of para-hydroxylation sites is 1. The molecule has 0 radical (unpaired) electrons. The first kappa shape index (κ1) is 24.4. The van der Waals surface area contributed by atoms with Gasteiger partial charge in [-0.25, -0.2) is 17.8 Å². The van der Waals surface area contributed by atoms with Gasteiger partial charge in [0, 0.05) is 6.54 Å². The zero-order valence-electron chi connectivity index (χ0n) is 19.5. The highest BCUT2D eigenvalue weighted by Gasteiger charge is 2.42. The average molecular weight is 526 g/mol. The summed E-state index contributed by atoms with van der Waals surface area (Å²) in [6, 6.07) is 19.3. The number of aromatic nitrogens is 1. The number of hydrogen-bond donors (Lipinski definition) is 0. The van der Waals surface area contributed by atoms with E-state index in [9.17, 15) is 17.6 Å². The van der Waals surface area contributed by atoms with Crippen LogP contribution >= 0.6 is 11.3 Å². The van der Waals surface area contributed by atoms with Crippen LogP contribution < -0.4 is 9.64 Å². The molecule has 4 aromatic rings. The Morgan fingerprint density at radius 3 is 2.56 bits per heavy atom. The van der Waals surface area contributed by atoms with Crippen molar-refractivity contribution in [3.05, 3.63) is 84.2 Å². The number of benzene rings is 3. The van der Waals surface area contributed by atoms with Gasteiger partial charge in [0.25, 0.3) is 0 Å². The number of carbonyl (C=O) groups excluding carboxylic acids is 1. The van der Waals surface area contributed by atoms with Crippen molar-refractivity contribution in [1.82, 2.24) is 9.29 Å². The number of amides is 1. The van der Waals surface area contributed by atoms with Crippen LogP contribution in [-0.4, -0.2) is 43.3 Å². The van der Waals surface area contributed by atoms with Crippen LogP contribution in [-0.2, 0) is 21.4 Å². The zero-order valence-corrected chi connectivity index (χ0v) is 21.1. The van der Waals surface area contributed by atoms with Crippen LogP contribution in [0.5, 0.6) is 5.75 Å². The number of rotatable bonds is 7. The topological polar surface area (TPSA) is 79.8 Å². The summed E-state index contributed by atoms with van der Waals surface area (Å²) in [6.07, 6.45) is 0.943. The van der Waals surface area contributed by atoms with Crippen LogP contribution in [0.4, 0.5) is 9.52 Å². The van der Waals surface area contributed by atoms with Gasteiger partial charge >= 0.3 is 0 Å². The second kappa shape index (κ2) is 9.96. The molecule has 0 bridgehead atoms. The number of fused-ring (bicyclic) bond motifs is 1. The Hall–Kier alpha value is -3.34. The monoisotopic (exact) mass is 525 g/mol. The molecule has 1 unspecified atom stereocenters. The largest absolute Gasteiger partial charge is 0.497 e. The van der Waals surface area contributed by atoms with Crippen LogP contribution in [0.15, 0.2) is 77.7 Å². The van der Waals surface area contributed by atoms with Gasteiger partial charge in [0.05, 0.1) is 23.2 Å². The van der Waals surface area contributed by atoms with E-state index in [-0.39, 0.29) is 29.4 Å². The van der Waals surface area contributed by atoms with Gasteiger partial charge in [-0.15, -0.1) is 0 Å². The van der Waals surface area contributed by atoms with Gasteiger partial charge in [-0.3, -0.25) is 9.69 Å². The van der Waals surface area contributed by atoms with Gasteiger partial charge in [0.2, 0.25) is 15.9 Å². The lowest BCUT2D eigenvalue weighted by Gasteiger charge is -2.28. The minimum absolute atomic E-state index is 0.0969. The maximum Gasteiger partial charge on any atom is 0.247 e. The second-order valence-corrected chi connectivity index (χ2v) is 11.3. The number of thiazole rings is 1. The number of ether oxygens (including phenoxy) is 1. The van der Waals surface area contributed by atoms with Crippen LogP contribution in [0.3, 0.4) is 0 Å². The summed E-state index contributed by atoms with van der Waals surface area (Å²) >= 11 is 1.21. The fourth-order valence-corrected chi connectivity index (χ4v) is 7.00. The Bertz CT molecular complexity index is 1490. The van der Waals surface area contributed by atoms with Gasteiger partial charge in [0.1, 0.15) is 23.1 Å². The van der Waals surface area contributed by atoms with Gasteiger partial charge in [-0.1, -0.05) is 47.7 Å². The third kappa shape index (κ3) is 4.59. The van der Waals surface area contributed by atoms with E-state index in [0.717, 1.165) is 5.56 Å². The molecular weight excluding hydrogens is 501 g/mol. The number of sulfonamides is 1. The maximum absolute atomic E-state index is 14.4. The lowest BCUT2D eigenvalue weighted by atomic mass is 10.1. The predicted molar refractivity (Wildman–Crippen MR) is 137 cm³/mol. The van der Waals surface area contributed by atoms with E-state index in [4.69, 9.17) is 4.74 Å². The summed E-state index contributed by atoms with van der Waals surface area (Å²) in [5.74, 6) is -0.306. The standard InChI is InChI=1S/C26H24FN3O4S2/c1-34-19-12-14-20(15-13-19)36(32,33)30-16-6-10-22(30)25(31)29(17-18-7-3-2-4-8-18)26-28-24-21(27)9-5-11-23(24)35-26/h2-5,7-9,11-15,22H,6,10,16-17H2,1H3. The quantitative estimate of drug-likeness (QED) is 0.345. The molecule has 0 N–H and O–H groups in total. The number of hydrogen-bond acceptors (Lipinski definition) is 6. The van der Waals surface area contributed by atoms with Gasteiger partial charge in [-0.05, 0) is 54.8 Å². The zero-order chi connectivity index (χ0) is 25.3. The molecule has 0 aliphatic carbocycles. The summed E-state index contributed by atoms with van der Waals surface area (Å²) in [5.41, 5.74) is 1.05. The molecule has 1 aliphatic rings. The summed E-state index contributed by atoms with van der Waals surface area (Å²) in [4.78, 5) is 20.0. The molecule has 1 aromatic heterocycles. The minimum atomic E-state index is -3.92. The van der Waals surface area contributed by atoms with Gasteiger partial charge < -0.3 is 4.74 Å². The van der Waals surface area contributed by atoms with Crippen molar-refractivity contribution in [2.75, 3.05) is 18.6 Å². The Morgan fingerprint density at radius 2 is 1.86 bits per heavy atom. The summed E-state index contributed by atoms with van der Waals surface area (Å²) in [5, 5.41) is 0.331. The smallest absolute Gasteiger partial charge is 0.247 e. The van der Waals surface area contributed by atoms with Crippen LogP contribution in [0.1, 0.15) is 18.4 Å². The molecule has 1 aliphatic heterocycles. The van der Waals surface area contributed by atoms with E-state index in [0.29, 0.717) is 28.4 Å². The number of halogens is 1. The summed E-state index contributed by atoms with van der Waals surface area (Å²) in [7, 11) is -2.42. The molecule has 1 amide bonds. The van der Waals surface area contributed by atoms with Gasteiger partial charge in [-0.2, -0.15) is 4.31 Å². The Labute approximate surface area is 212 Å². The van der Waals surface area contributed by atoms with E-state index in [1.54, 1.807) is 24.3 Å². The lowest BCUT2D eigenvalue weighted by Crippen LogP contribution is -2.47. The number of nitrogens with zero attached hydrogens (tertiary/aromatic N) is 3. The molecule has 3 aromatic carbocycles. The van der Waals surface area contributed by atoms with Crippen molar-refractivity contribution in [3.8, 4) is 5.75 Å². The number of methoxy groups -OCH3 is 1. The Kier molecular flexibility index (Phi) is 6.74. The highest BCUT2D eigenvalue weighted by atomic mass is 32.2. The first-order valence-corrected chi connectivity index (χ1v) is 13.7. The highest BCUT2D eigenvalue weighted by molar-refractivity contribution is 7.89. The summed E-state index contributed by atoms with van der Waals surface area (Å²) < 4.78 is 48.4. The van der Waals surface area contributed by atoms with E-state index >= 15 is 0 Å². The van der Waals surface area contributed by atoms with E-state index < -0.39 is 21.9 Å². The Morgan fingerprint density at radius 1 is 1.11 bits per heavy atom. The van der Waals surface area contributed by atoms with E-state index in [1.165, 1.54) is 45.9 Å². The molecule has 186 valence electrons. The van der Waals surface area contributed by atoms with Crippen molar-refractivity contribution in [2.45, 2.75) is 30.3 Å². The van der Waals surface area contributed by atoms with Crippen LogP contribution in [0, 0.1) is 5.82 Å². The third-order valence-corrected chi connectivity index (χ3v) is 9.16. The fraction of sp³-hybridized carbons (Fsp3) is 0.231. The fourth-order valence-electron chi connectivity index (χ4n) is 4.36. The third-order valence-electron chi connectivity index (χ3n) is 6.19. The van der Waals surface area contributed by atoms with Crippen molar-refractivity contribution < 1.29 is 22.3 Å². The SMILES string of the molecule is COc1ccc(S(=O)(=O)N2CCCC2C(=O)N(Cc2ccccc2)c2nc3c(F)cccc3s2)cc1. The van der Waals surface area contributed by atoms with Crippen molar-refractivity contribution >= 4 is 42.6 Å². The lowest BCUT2D eigenvalue weighted by molar-refractivity contribution is -0.121. The van der Waals surface area contributed by atoms with Crippen LogP contribution in [0.25, 0.3) is 10.2 Å². The molecule has 7 nitrogen and oxygen atoms in total. The maximum atomic E-state index is 14.4. The number of anilines is 1. The molecule has 1 atom stereocenters. The molecule has 5 rings (SSSR count).